The molecule has 5 nitrogen and oxygen atoms in total. The molecule has 15 heavy (non-hydrogen) atoms. The molecule has 0 rings (SSSR count). The number of nitrogens with one attached hydrogen (secondary N) is 1. The Morgan fingerprint density at radius 3 is 2.40 bits per heavy atom. The van der Waals surface area contributed by atoms with Gasteiger partial charge in [-0.05, 0) is 13.5 Å². The van der Waals surface area contributed by atoms with Crippen LogP contribution in [0.2, 0.25) is 0 Å². The van der Waals surface area contributed by atoms with Gasteiger partial charge >= 0.3 is 5.97 Å². The molecule has 0 heterocycles. The Hall–Kier alpha value is -1.36. The highest BCUT2D eigenvalue weighted by molar-refractivity contribution is 5.80. The molecule has 0 spiro atoms. The fourth-order valence-corrected chi connectivity index (χ4v) is 1.17. The molecular formula is C10H18N2O3. The predicted octanol–water partition coefficient (Wildman–Crippen LogP) is 0.0852. The van der Waals surface area contributed by atoms with E-state index in [1.165, 1.54) is 0 Å². The lowest BCUT2D eigenvalue weighted by Crippen LogP contribution is -2.36. The van der Waals surface area contributed by atoms with Crippen LogP contribution in [0.4, 0.5) is 0 Å². The van der Waals surface area contributed by atoms with Crippen LogP contribution in [0.5, 0.6) is 0 Å². The molecule has 2 N–H and O–H groups in total. The van der Waals surface area contributed by atoms with Crippen molar-refractivity contribution >= 4 is 11.9 Å². The zero-order chi connectivity index (χ0) is 11.8. The Balaban J connectivity index is 4.21. The van der Waals surface area contributed by atoms with E-state index in [2.05, 4.69) is 5.32 Å². The number of carboxylic acid groups (broad SMARTS) is 1. The number of likely N-dealkylation sites (N-methyl/N-ethyl adjacent to an activating group) is 2. The van der Waals surface area contributed by atoms with E-state index in [1.807, 2.05) is 11.8 Å². The molecule has 0 aliphatic heterocycles. The summed E-state index contributed by atoms with van der Waals surface area (Å²) in [7, 11) is 1.58. The predicted molar refractivity (Wildman–Crippen MR) is 57.6 cm³/mol. The van der Waals surface area contributed by atoms with E-state index in [0.29, 0.717) is 13.1 Å². The molecule has 0 atom stereocenters. The molecule has 5 heteroatoms. The van der Waals surface area contributed by atoms with Crippen molar-refractivity contribution in [2.75, 3.05) is 26.7 Å². The first-order valence-electron chi connectivity index (χ1n) is 4.82. The molecule has 0 aliphatic rings. The van der Waals surface area contributed by atoms with E-state index < -0.39 is 5.97 Å². The fourth-order valence-electron chi connectivity index (χ4n) is 1.17. The third-order valence-electron chi connectivity index (χ3n) is 1.94. The summed E-state index contributed by atoms with van der Waals surface area (Å²) in [5, 5.41) is 11.1. The Kier molecular flexibility index (Phi) is 6.37. The van der Waals surface area contributed by atoms with Gasteiger partial charge in [0.2, 0.25) is 5.91 Å². The van der Waals surface area contributed by atoms with Gasteiger partial charge in [-0.1, -0.05) is 12.5 Å². The Morgan fingerprint density at radius 1 is 1.40 bits per heavy atom. The molecular weight excluding hydrogens is 196 g/mol. The van der Waals surface area contributed by atoms with E-state index in [-0.39, 0.29) is 12.5 Å². The van der Waals surface area contributed by atoms with Crippen molar-refractivity contribution in [2.45, 2.75) is 13.8 Å². The van der Waals surface area contributed by atoms with Gasteiger partial charge in [-0.25, -0.2) is 4.79 Å². The summed E-state index contributed by atoms with van der Waals surface area (Å²) in [6, 6.07) is 0. The average Bonchev–Trinajstić information content (AvgIpc) is 2.15. The average molecular weight is 214 g/mol. The van der Waals surface area contributed by atoms with Crippen LogP contribution < -0.4 is 5.32 Å². The first kappa shape index (κ1) is 13.6. The van der Waals surface area contributed by atoms with Gasteiger partial charge in [-0.2, -0.15) is 0 Å². The van der Waals surface area contributed by atoms with Gasteiger partial charge in [0.05, 0.1) is 6.54 Å². The summed E-state index contributed by atoms with van der Waals surface area (Å²) >= 11 is 0. The Labute approximate surface area is 89.8 Å². The van der Waals surface area contributed by atoms with Gasteiger partial charge in [-0.15, -0.1) is 0 Å². The first-order valence-corrected chi connectivity index (χ1v) is 4.82. The van der Waals surface area contributed by atoms with E-state index in [9.17, 15) is 9.59 Å². The molecule has 0 fully saturated rings. The van der Waals surface area contributed by atoms with Crippen LogP contribution in [-0.2, 0) is 9.59 Å². The van der Waals surface area contributed by atoms with Gasteiger partial charge in [-0.3, -0.25) is 9.69 Å². The summed E-state index contributed by atoms with van der Waals surface area (Å²) in [6.07, 6.45) is 1.16. The number of carboxylic acids is 1. The van der Waals surface area contributed by atoms with Crippen molar-refractivity contribution in [3.05, 3.63) is 11.6 Å². The lowest BCUT2D eigenvalue weighted by molar-refractivity contribution is -0.131. The number of amides is 1. The number of hydrogen-bond acceptors (Lipinski definition) is 3. The van der Waals surface area contributed by atoms with Crippen LogP contribution in [0, 0.1) is 0 Å². The third kappa shape index (κ3) is 6.68. The maximum atomic E-state index is 11.1. The highest BCUT2D eigenvalue weighted by Gasteiger charge is 2.08. The number of nitrogens with zero attached hydrogens (tertiary/aromatic N) is 1. The fraction of sp³-hybridized carbons (Fsp3) is 0.600. The molecule has 0 aliphatic carbocycles. The van der Waals surface area contributed by atoms with Crippen molar-refractivity contribution in [3.8, 4) is 0 Å². The van der Waals surface area contributed by atoms with Gasteiger partial charge < -0.3 is 10.4 Å². The second kappa shape index (κ2) is 7.00. The molecule has 0 unspecified atom stereocenters. The summed E-state index contributed by atoms with van der Waals surface area (Å²) < 4.78 is 0. The van der Waals surface area contributed by atoms with E-state index in [1.54, 1.807) is 14.0 Å². The molecule has 0 aromatic rings. The molecule has 0 radical (unpaired) electrons. The van der Waals surface area contributed by atoms with Crippen molar-refractivity contribution < 1.29 is 14.7 Å². The first-order chi connectivity index (χ1) is 6.99. The number of rotatable bonds is 6. The standard InChI is InChI=1S/C10H18N2O3/c1-4-12(7-9(13)11-3)6-8(2)5-10(14)15/h5H,4,6-7H2,1-3H3,(H,11,13)(H,14,15). The minimum Gasteiger partial charge on any atom is -0.478 e. The van der Waals surface area contributed by atoms with Crippen LogP contribution in [-0.4, -0.2) is 48.6 Å². The van der Waals surface area contributed by atoms with Crippen molar-refractivity contribution in [3.63, 3.8) is 0 Å². The second-order valence-corrected chi connectivity index (χ2v) is 3.31. The van der Waals surface area contributed by atoms with Crippen molar-refractivity contribution in [2.24, 2.45) is 0 Å². The van der Waals surface area contributed by atoms with Gasteiger partial charge in [0.25, 0.3) is 0 Å². The summed E-state index contributed by atoms with van der Waals surface area (Å²) in [6.45, 7) is 5.16. The molecule has 0 saturated carbocycles. The summed E-state index contributed by atoms with van der Waals surface area (Å²) in [5.74, 6) is -1.02. The Bertz CT molecular complexity index is 261. The maximum Gasteiger partial charge on any atom is 0.328 e. The second-order valence-electron chi connectivity index (χ2n) is 3.31. The van der Waals surface area contributed by atoms with Crippen LogP contribution in [0.15, 0.2) is 11.6 Å². The molecule has 86 valence electrons. The lowest BCUT2D eigenvalue weighted by Gasteiger charge is -2.19. The molecule has 0 aromatic heterocycles. The van der Waals surface area contributed by atoms with Crippen LogP contribution in [0.3, 0.4) is 0 Å². The topological polar surface area (TPSA) is 69.6 Å². The summed E-state index contributed by atoms with van der Waals surface area (Å²) in [4.78, 5) is 23.3. The number of carbonyl (C=O) groups excluding carboxylic acids is 1. The summed E-state index contributed by atoms with van der Waals surface area (Å²) in [5.41, 5.74) is 0.730. The zero-order valence-corrected chi connectivity index (χ0v) is 9.41. The molecule has 0 saturated heterocycles. The number of hydrogen-bond donors (Lipinski definition) is 2. The van der Waals surface area contributed by atoms with Crippen LogP contribution in [0.1, 0.15) is 13.8 Å². The number of carbonyl (C=O) groups is 2. The third-order valence-corrected chi connectivity index (χ3v) is 1.94. The highest BCUT2D eigenvalue weighted by Crippen LogP contribution is 1.98. The monoisotopic (exact) mass is 214 g/mol. The molecule has 0 aromatic carbocycles. The van der Waals surface area contributed by atoms with Crippen molar-refractivity contribution in [1.82, 2.24) is 10.2 Å². The molecule has 1 amide bonds. The SMILES string of the molecule is CCN(CC(=O)NC)CC(C)=CC(=O)O. The largest absolute Gasteiger partial charge is 0.478 e. The minimum absolute atomic E-state index is 0.0695. The van der Waals surface area contributed by atoms with Gasteiger partial charge in [0.15, 0.2) is 0 Å². The van der Waals surface area contributed by atoms with Crippen LogP contribution >= 0.6 is 0 Å². The quantitative estimate of drug-likeness (QED) is 0.615. The van der Waals surface area contributed by atoms with Gasteiger partial charge in [0.1, 0.15) is 0 Å². The minimum atomic E-state index is -0.955. The smallest absolute Gasteiger partial charge is 0.328 e. The van der Waals surface area contributed by atoms with Crippen molar-refractivity contribution in [1.29, 1.82) is 0 Å². The lowest BCUT2D eigenvalue weighted by atomic mass is 10.2. The zero-order valence-electron chi connectivity index (χ0n) is 9.41. The normalized spacial score (nSPS) is 11.6. The van der Waals surface area contributed by atoms with E-state index in [4.69, 9.17) is 5.11 Å². The maximum absolute atomic E-state index is 11.1. The van der Waals surface area contributed by atoms with Crippen LogP contribution in [0.25, 0.3) is 0 Å². The number of aliphatic carboxylic acids is 1. The van der Waals surface area contributed by atoms with Gasteiger partial charge in [0, 0.05) is 19.7 Å². The van der Waals surface area contributed by atoms with E-state index in [0.717, 1.165) is 11.6 Å². The van der Waals surface area contributed by atoms with E-state index >= 15 is 0 Å². The Morgan fingerprint density at radius 2 is 2.00 bits per heavy atom. The highest BCUT2D eigenvalue weighted by atomic mass is 16.4. The molecule has 0 bridgehead atoms.